The fraction of sp³-hybridized carbons (Fsp3) is 0.176. The average Bonchev–Trinajstić information content (AvgIpc) is 2.41. The van der Waals surface area contributed by atoms with Crippen molar-refractivity contribution in [1.29, 1.82) is 0 Å². The van der Waals surface area contributed by atoms with Gasteiger partial charge in [-0.15, -0.1) is 0 Å². The molecule has 0 saturated heterocycles. The van der Waals surface area contributed by atoms with Crippen LogP contribution in [0.1, 0.15) is 29.8 Å². The van der Waals surface area contributed by atoms with Gasteiger partial charge in [0.25, 0.3) is 0 Å². The van der Waals surface area contributed by atoms with E-state index in [-0.39, 0.29) is 11.6 Å². The minimum Gasteiger partial charge on any atom is -0.300 e. The molecule has 0 aliphatic heterocycles. The topological polar surface area (TPSA) is 34.1 Å². The fourth-order valence-electron chi connectivity index (χ4n) is 1.56. The molecule has 0 bridgehead atoms. The Kier molecular flexibility index (Phi) is 6.23. The summed E-state index contributed by atoms with van der Waals surface area (Å²) >= 11 is 0. The quantitative estimate of drug-likeness (QED) is 0.782. The van der Waals surface area contributed by atoms with Crippen LogP contribution in [0.3, 0.4) is 0 Å². The van der Waals surface area contributed by atoms with Gasteiger partial charge < -0.3 is 0 Å². The van der Waals surface area contributed by atoms with E-state index in [2.05, 4.69) is 0 Å². The molecule has 0 heterocycles. The van der Waals surface area contributed by atoms with Gasteiger partial charge in [-0.2, -0.15) is 0 Å². The highest BCUT2D eigenvalue weighted by molar-refractivity contribution is 5.93. The minimum atomic E-state index is 0.121. The lowest BCUT2D eigenvalue weighted by molar-refractivity contribution is -0.116. The third-order valence-electron chi connectivity index (χ3n) is 2.48. The Bertz CT molecular complexity index is 515. The first-order chi connectivity index (χ1) is 9.09. The second-order valence-electron chi connectivity index (χ2n) is 4.29. The molecule has 0 unspecified atom stereocenters. The predicted octanol–water partition coefficient (Wildman–Crippen LogP) is 3.71. The molecule has 0 amide bonds. The van der Waals surface area contributed by atoms with E-state index < -0.39 is 0 Å². The second kappa shape index (κ2) is 7.98. The van der Waals surface area contributed by atoms with Crippen LogP contribution in [0.5, 0.6) is 0 Å². The second-order valence-corrected chi connectivity index (χ2v) is 4.29. The summed E-state index contributed by atoms with van der Waals surface area (Å²) in [6.45, 7) is 3.17. The van der Waals surface area contributed by atoms with E-state index in [0.29, 0.717) is 6.42 Å². The van der Waals surface area contributed by atoms with Crippen LogP contribution in [-0.4, -0.2) is 11.6 Å². The molecule has 0 saturated carbocycles. The Morgan fingerprint density at radius 3 is 1.63 bits per heavy atom. The Hall–Kier alpha value is -2.22. The summed E-state index contributed by atoms with van der Waals surface area (Å²) in [5, 5.41) is 0. The zero-order valence-electron chi connectivity index (χ0n) is 11.3. The van der Waals surface area contributed by atoms with Gasteiger partial charge in [0.1, 0.15) is 5.78 Å². The summed E-state index contributed by atoms with van der Waals surface area (Å²) in [6, 6.07) is 19.0. The lowest BCUT2D eigenvalue weighted by atomic mass is 10.1. The van der Waals surface area contributed by atoms with Gasteiger partial charge in [-0.1, -0.05) is 60.7 Å². The van der Waals surface area contributed by atoms with Crippen LogP contribution in [0.15, 0.2) is 60.7 Å². The van der Waals surface area contributed by atoms with Crippen molar-refractivity contribution < 1.29 is 9.59 Å². The maximum Gasteiger partial charge on any atom is 0.159 e. The van der Waals surface area contributed by atoms with Crippen molar-refractivity contribution in [1.82, 2.24) is 0 Å². The van der Waals surface area contributed by atoms with Gasteiger partial charge in [-0.25, -0.2) is 0 Å². The maximum absolute atomic E-state index is 10.6. The van der Waals surface area contributed by atoms with Crippen molar-refractivity contribution in [3.8, 4) is 0 Å². The third-order valence-corrected chi connectivity index (χ3v) is 2.48. The van der Waals surface area contributed by atoms with Gasteiger partial charge in [0, 0.05) is 12.0 Å². The van der Waals surface area contributed by atoms with Gasteiger partial charge in [0.05, 0.1) is 0 Å². The first-order valence-electron chi connectivity index (χ1n) is 6.19. The van der Waals surface area contributed by atoms with Crippen molar-refractivity contribution in [2.24, 2.45) is 0 Å². The van der Waals surface area contributed by atoms with Crippen molar-refractivity contribution >= 4 is 11.6 Å². The molecule has 0 atom stereocenters. The molecule has 2 nitrogen and oxygen atoms in total. The Labute approximate surface area is 114 Å². The van der Waals surface area contributed by atoms with Crippen molar-refractivity contribution in [2.75, 3.05) is 0 Å². The van der Waals surface area contributed by atoms with Gasteiger partial charge in [-0.3, -0.25) is 9.59 Å². The Balaban J connectivity index is 0.000000191. The van der Waals surface area contributed by atoms with E-state index >= 15 is 0 Å². The summed E-state index contributed by atoms with van der Waals surface area (Å²) in [5.74, 6) is 0.335. The molecule has 98 valence electrons. The summed E-state index contributed by atoms with van der Waals surface area (Å²) in [5.41, 5.74) is 1.87. The fourth-order valence-corrected chi connectivity index (χ4v) is 1.56. The zero-order chi connectivity index (χ0) is 14.1. The molecule has 2 rings (SSSR count). The maximum atomic E-state index is 10.6. The van der Waals surface area contributed by atoms with Gasteiger partial charge in [0.2, 0.25) is 0 Å². The lowest BCUT2D eigenvalue weighted by Gasteiger charge is -1.93. The minimum absolute atomic E-state index is 0.121. The molecule has 0 aromatic heterocycles. The highest BCUT2D eigenvalue weighted by Crippen LogP contribution is 1.99. The van der Waals surface area contributed by atoms with E-state index in [1.54, 1.807) is 13.8 Å². The molecular formula is C17H18O2. The molecule has 0 radical (unpaired) electrons. The summed E-state index contributed by atoms with van der Waals surface area (Å²) < 4.78 is 0. The van der Waals surface area contributed by atoms with Crippen LogP contribution >= 0.6 is 0 Å². The number of benzene rings is 2. The van der Waals surface area contributed by atoms with Crippen LogP contribution in [0.4, 0.5) is 0 Å². The third kappa shape index (κ3) is 6.32. The van der Waals surface area contributed by atoms with Crippen LogP contribution < -0.4 is 0 Å². The summed E-state index contributed by atoms with van der Waals surface area (Å²) in [7, 11) is 0. The largest absolute Gasteiger partial charge is 0.300 e. The molecule has 0 spiro atoms. The number of Topliss-reactive ketones (excluding diaryl/α,β-unsaturated/α-hetero) is 2. The smallest absolute Gasteiger partial charge is 0.159 e. The highest BCUT2D eigenvalue weighted by Gasteiger charge is 1.93. The Morgan fingerprint density at radius 1 is 0.789 bits per heavy atom. The average molecular weight is 254 g/mol. The van der Waals surface area contributed by atoms with Crippen LogP contribution in [-0.2, 0) is 11.2 Å². The first kappa shape index (κ1) is 14.8. The first-order valence-corrected chi connectivity index (χ1v) is 6.19. The van der Waals surface area contributed by atoms with E-state index in [0.717, 1.165) is 11.1 Å². The van der Waals surface area contributed by atoms with E-state index in [9.17, 15) is 9.59 Å². The van der Waals surface area contributed by atoms with Crippen molar-refractivity contribution in [3.05, 3.63) is 71.8 Å². The molecule has 2 aromatic rings. The van der Waals surface area contributed by atoms with Gasteiger partial charge in [-0.05, 0) is 19.4 Å². The number of rotatable bonds is 3. The van der Waals surface area contributed by atoms with E-state index in [1.165, 1.54) is 0 Å². The number of carbonyl (C=O) groups is 2. The Morgan fingerprint density at radius 2 is 1.26 bits per heavy atom. The summed E-state index contributed by atoms with van der Waals surface area (Å²) in [4.78, 5) is 21.3. The van der Waals surface area contributed by atoms with Crippen molar-refractivity contribution in [2.45, 2.75) is 20.3 Å². The molecule has 0 aliphatic carbocycles. The molecule has 2 aromatic carbocycles. The van der Waals surface area contributed by atoms with Crippen molar-refractivity contribution in [3.63, 3.8) is 0 Å². The highest BCUT2D eigenvalue weighted by atomic mass is 16.1. The molecular weight excluding hydrogens is 236 g/mol. The molecule has 0 N–H and O–H groups in total. The SMILES string of the molecule is CC(=O)Cc1ccccc1.CC(=O)c1ccccc1. The van der Waals surface area contributed by atoms with Crippen LogP contribution in [0, 0.1) is 0 Å². The van der Waals surface area contributed by atoms with E-state index in [4.69, 9.17) is 0 Å². The predicted molar refractivity (Wildman–Crippen MR) is 77.3 cm³/mol. The van der Waals surface area contributed by atoms with Crippen LogP contribution in [0.25, 0.3) is 0 Å². The lowest BCUT2D eigenvalue weighted by Crippen LogP contribution is -1.94. The normalized spacial score (nSPS) is 9.16. The van der Waals surface area contributed by atoms with E-state index in [1.807, 2.05) is 60.7 Å². The zero-order valence-corrected chi connectivity index (χ0v) is 11.3. The molecule has 0 fully saturated rings. The van der Waals surface area contributed by atoms with Gasteiger partial charge >= 0.3 is 0 Å². The summed E-state index contributed by atoms with van der Waals surface area (Å²) in [6.07, 6.45) is 0.556. The molecule has 0 aliphatic rings. The molecule has 19 heavy (non-hydrogen) atoms. The van der Waals surface area contributed by atoms with Gasteiger partial charge in [0.15, 0.2) is 5.78 Å². The number of hydrogen-bond acceptors (Lipinski definition) is 2. The standard InChI is InChI=1S/C9H10O.C8H8O/c1-8(10)7-9-5-3-2-4-6-9;1-7(9)8-5-3-2-4-6-8/h2-6H,7H2,1H3;2-6H,1H3. The van der Waals surface area contributed by atoms with Crippen LogP contribution in [0.2, 0.25) is 0 Å². The monoisotopic (exact) mass is 254 g/mol. The number of carbonyl (C=O) groups excluding carboxylic acids is 2. The molecule has 2 heteroatoms. The number of hydrogen-bond donors (Lipinski definition) is 0. The number of ketones is 2.